The molecule has 32 heavy (non-hydrogen) atoms. The number of aromatic nitrogens is 1. The van der Waals surface area contributed by atoms with Crippen molar-refractivity contribution < 1.29 is 18.3 Å². The summed E-state index contributed by atoms with van der Waals surface area (Å²) in [6.45, 7) is -0.527. The lowest BCUT2D eigenvalue weighted by atomic mass is 10.0. The molecule has 0 bridgehead atoms. The largest absolute Gasteiger partial charge is 0.404 e. The van der Waals surface area contributed by atoms with Gasteiger partial charge in [-0.2, -0.15) is 0 Å². The first-order chi connectivity index (χ1) is 15.5. The zero-order chi connectivity index (χ0) is 22.9. The molecule has 1 aromatic heterocycles. The van der Waals surface area contributed by atoms with Gasteiger partial charge in [0.15, 0.2) is 0 Å². The molecule has 6 nitrogen and oxygen atoms in total. The third-order valence-corrected chi connectivity index (χ3v) is 4.95. The predicted molar refractivity (Wildman–Crippen MR) is 123 cm³/mol. The van der Waals surface area contributed by atoms with E-state index in [0.29, 0.717) is 22.7 Å². The molecule has 1 aliphatic rings. The summed E-state index contributed by atoms with van der Waals surface area (Å²) in [6.07, 6.45) is 9.04. The highest BCUT2D eigenvalue weighted by molar-refractivity contribution is 6.11. The quantitative estimate of drug-likeness (QED) is 0.424. The normalized spacial score (nSPS) is 14.6. The van der Waals surface area contributed by atoms with Crippen LogP contribution >= 0.6 is 0 Å². The monoisotopic (exact) mass is 440 g/mol. The van der Waals surface area contributed by atoms with Crippen LogP contribution in [0.4, 0.5) is 14.5 Å². The first-order valence-electron chi connectivity index (χ1n) is 10.3. The number of benzene rings is 1. The van der Waals surface area contributed by atoms with Gasteiger partial charge in [0, 0.05) is 54.8 Å². The Morgan fingerprint density at radius 2 is 2.19 bits per heavy atom. The predicted octanol–water partition coefficient (Wildman–Crippen LogP) is 4.39. The molecule has 1 amide bonds. The average molecular weight is 440 g/mol. The van der Waals surface area contributed by atoms with Crippen LogP contribution in [0.25, 0.3) is 11.6 Å². The number of anilines is 1. The summed E-state index contributed by atoms with van der Waals surface area (Å²) < 4.78 is 30.0. The van der Waals surface area contributed by atoms with E-state index in [9.17, 15) is 13.6 Å². The van der Waals surface area contributed by atoms with Crippen molar-refractivity contribution in [3.63, 3.8) is 0 Å². The van der Waals surface area contributed by atoms with Gasteiger partial charge in [0.1, 0.15) is 6.61 Å². The molecule has 1 heterocycles. The van der Waals surface area contributed by atoms with Crippen molar-refractivity contribution in [3.8, 4) is 0 Å². The number of halogens is 2. The number of rotatable bonds is 10. The molecular weight excluding hydrogens is 414 g/mol. The number of allylic oxidation sites excluding steroid dienone is 1. The van der Waals surface area contributed by atoms with E-state index in [4.69, 9.17) is 10.5 Å². The second-order valence-electron chi connectivity index (χ2n) is 7.39. The Kier molecular flexibility index (Phi) is 8.21. The molecule has 0 atom stereocenters. The number of nitrogens with zero attached hydrogens (tertiary/aromatic N) is 2. The number of amides is 1. The van der Waals surface area contributed by atoms with Crippen LogP contribution in [0.3, 0.4) is 0 Å². The Morgan fingerprint density at radius 1 is 1.38 bits per heavy atom. The van der Waals surface area contributed by atoms with E-state index >= 15 is 0 Å². The number of ether oxygens (including phenoxy) is 1. The Morgan fingerprint density at radius 3 is 2.88 bits per heavy atom. The fraction of sp³-hybridized carbons (Fsp3) is 0.292. The fourth-order valence-electron chi connectivity index (χ4n) is 3.35. The molecule has 1 aromatic carbocycles. The van der Waals surface area contributed by atoms with Crippen LogP contribution in [0.15, 0.2) is 53.9 Å². The van der Waals surface area contributed by atoms with Crippen LogP contribution in [-0.2, 0) is 16.1 Å². The summed E-state index contributed by atoms with van der Waals surface area (Å²) in [5.41, 5.74) is 10.4. The maximum absolute atomic E-state index is 12.5. The highest BCUT2D eigenvalue weighted by Crippen LogP contribution is 2.42. The number of alkyl halides is 2. The van der Waals surface area contributed by atoms with Crippen molar-refractivity contribution in [3.05, 3.63) is 71.2 Å². The summed E-state index contributed by atoms with van der Waals surface area (Å²) >= 11 is 0. The van der Waals surface area contributed by atoms with Gasteiger partial charge in [0.05, 0.1) is 6.61 Å². The van der Waals surface area contributed by atoms with Crippen LogP contribution in [-0.4, -0.2) is 37.2 Å². The average Bonchev–Trinajstić information content (AvgIpc) is 3.62. The molecule has 8 heteroatoms. The topological polar surface area (TPSA) is 89.6 Å². The molecule has 1 saturated carbocycles. The maximum Gasteiger partial charge on any atom is 0.261 e. The summed E-state index contributed by atoms with van der Waals surface area (Å²) in [4.78, 5) is 20.6. The maximum atomic E-state index is 12.5. The van der Waals surface area contributed by atoms with Gasteiger partial charge in [-0.3, -0.25) is 14.8 Å². The van der Waals surface area contributed by atoms with Crippen LogP contribution in [0, 0.1) is 0 Å². The Labute approximate surface area is 185 Å². The fourth-order valence-corrected chi connectivity index (χ4v) is 3.35. The number of carbonyl (C=O) groups is 1. The van der Waals surface area contributed by atoms with Gasteiger partial charge in [0.25, 0.3) is 6.43 Å². The van der Waals surface area contributed by atoms with E-state index in [2.05, 4.69) is 15.3 Å². The van der Waals surface area contributed by atoms with E-state index in [1.54, 1.807) is 43.9 Å². The zero-order valence-corrected chi connectivity index (χ0v) is 17.8. The Bertz CT molecular complexity index is 1030. The van der Waals surface area contributed by atoms with E-state index in [0.717, 1.165) is 29.5 Å². The molecule has 1 aliphatic carbocycles. The molecule has 168 valence electrons. The molecule has 3 N–H and O–H groups in total. The number of nitrogens with two attached hydrogens (primary N) is 1. The van der Waals surface area contributed by atoms with Crippen molar-refractivity contribution in [2.45, 2.75) is 31.8 Å². The minimum atomic E-state index is -2.51. The summed E-state index contributed by atoms with van der Waals surface area (Å²) in [6, 6.07) is 7.33. The first kappa shape index (κ1) is 23.3. The first-order valence-corrected chi connectivity index (χ1v) is 10.3. The number of pyridine rings is 1. The van der Waals surface area contributed by atoms with Gasteiger partial charge in [0.2, 0.25) is 5.91 Å². The second kappa shape index (κ2) is 11.3. The summed E-state index contributed by atoms with van der Waals surface area (Å²) in [5, 5.41) is 2.81. The Balaban J connectivity index is 1.72. The van der Waals surface area contributed by atoms with Crippen molar-refractivity contribution in [1.82, 2.24) is 4.98 Å². The molecule has 0 aliphatic heterocycles. The number of carbonyl (C=O) groups excluding carboxylic acids is 1. The van der Waals surface area contributed by atoms with Gasteiger partial charge >= 0.3 is 0 Å². The lowest BCUT2D eigenvalue weighted by molar-refractivity contribution is -0.111. The van der Waals surface area contributed by atoms with Gasteiger partial charge in [-0.15, -0.1) is 0 Å². The smallest absolute Gasteiger partial charge is 0.261 e. The minimum absolute atomic E-state index is 0.0853. The number of aliphatic imine (C=N–C) groups is 1. The third-order valence-electron chi connectivity index (χ3n) is 4.95. The van der Waals surface area contributed by atoms with Gasteiger partial charge < -0.3 is 15.8 Å². The molecule has 0 saturated heterocycles. The number of hydrogen-bond acceptors (Lipinski definition) is 5. The molecule has 1 fully saturated rings. The minimum Gasteiger partial charge on any atom is -0.404 e. The standard InChI is InChI=1S/C24H26F2N4O2/c1-28-12-19(11-27)22-8-9-29-13-17(22)4-7-24(31)30-20-5-6-21(16-2-3-16)18(10-20)14-32-15-23(25)26/h4-13,16,23H,2-3,14-15,27H2,1H3,(H,30,31)/b7-4+,19-11?,28-12?. The third kappa shape index (κ3) is 6.55. The molecule has 0 radical (unpaired) electrons. The summed E-state index contributed by atoms with van der Waals surface area (Å²) in [5.74, 6) is 0.103. The zero-order valence-electron chi connectivity index (χ0n) is 17.8. The molecule has 3 rings (SSSR count). The van der Waals surface area contributed by atoms with Crippen molar-refractivity contribution >= 4 is 29.5 Å². The second-order valence-corrected chi connectivity index (χ2v) is 7.39. The SMILES string of the molecule is CN=CC(=CN)c1ccncc1/C=C/C(=O)Nc1ccc(C2CC2)c(COCC(F)F)c1. The van der Waals surface area contributed by atoms with Gasteiger partial charge in [-0.25, -0.2) is 8.78 Å². The highest BCUT2D eigenvalue weighted by atomic mass is 19.3. The van der Waals surface area contributed by atoms with Gasteiger partial charge in [-0.1, -0.05) is 6.07 Å². The number of nitrogens with one attached hydrogen (secondary N) is 1. The molecule has 0 unspecified atom stereocenters. The molecule has 0 spiro atoms. The number of hydrogen-bond donors (Lipinski definition) is 2. The highest BCUT2D eigenvalue weighted by Gasteiger charge is 2.26. The lowest BCUT2D eigenvalue weighted by Gasteiger charge is -2.12. The van der Waals surface area contributed by atoms with E-state index < -0.39 is 13.0 Å². The van der Waals surface area contributed by atoms with Crippen LogP contribution < -0.4 is 11.1 Å². The van der Waals surface area contributed by atoms with Crippen molar-refractivity contribution in [2.75, 3.05) is 19.0 Å². The van der Waals surface area contributed by atoms with Crippen molar-refractivity contribution in [2.24, 2.45) is 10.7 Å². The van der Waals surface area contributed by atoms with Crippen LogP contribution in [0.5, 0.6) is 0 Å². The summed E-state index contributed by atoms with van der Waals surface area (Å²) in [7, 11) is 1.65. The van der Waals surface area contributed by atoms with E-state index in [1.807, 2.05) is 12.1 Å². The van der Waals surface area contributed by atoms with E-state index in [1.165, 1.54) is 12.3 Å². The van der Waals surface area contributed by atoms with Crippen LogP contribution in [0.2, 0.25) is 0 Å². The van der Waals surface area contributed by atoms with Crippen LogP contribution in [0.1, 0.15) is 41.0 Å². The van der Waals surface area contributed by atoms with Gasteiger partial charge in [-0.05, 0) is 59.7 Å². The van der Waals surface area contributed by atoms with E-state index in [-0.39, 0.29) is 12.5 Å². The molecular formula is C24H26F2N4O2. The van der Waals surface area contributed by atoms with Crippen molar-refractivity contribution in [1.29, 1.82) is 0 Å². The lowest BCUT2D eigenvalue weighted by Crippen LogP contribution is -2.10. The Hall–Kier alpha value is -3.39. The molecule has 2 aromatic rings.